The lowest BCUT2D eigenvalue weighted by molar-refractivity contribution is 0.852. The molecule has 0 heterocycles. The van der Waals surface area contributed by atoms with Crippen molar-refractivity contribution in [3.63, 3.8) is 0 Å². The molecule has 0 aliphatic rings. The molecule has 0 radical (unpaired) electrons. The molecule has 1 unspecified atom stereocenters. The van der Waals surface area contributed by atoms with Gasteiger partial charge in [0.1, 0.15) is 6.17 Å². The third-order valence-electron chi connectivity index (χ3n) is 10.7. The maximum atomic E-state index is 5.30. The maximum absolute atomic E-state index is 5.30. The Labute approximate surface area is 314 Å². The third kappa shape index (κ3) is 5.75. The molecule has 1 atom stereocenters. The Morgan fingerprint density at radius 2 is 0.981 bits per heavy atom. The summed E-state index contributed by atoms with van der Waals surface area (Å²) in [6.45, 7) is 0. The summed E-state index contributed by atoms with van der Waals surface area (Å²) in [5.74, 6) is 0. The Morgan fingerprint density at radius 1 is 0.389 bits per heavy atom. The highest BCUT2D eigenvalue weighted by Crippen LogP contribution is 2.40. The SMILES string of the molecule is C(=N\C(Nc1ccc(-c2ccccc2)cc1)c1cccc2ccc3ccccc3c12)/c1ccc(-c2c3ccccc3cc3c2ccc2ccccc23)cc1. The predicted octanol–water partition coefficient (Wildman–Crippen LogP) is 14.0. The molecule has 2 nitrogen and oxygen atoms in total. The van der Waals surface area contributed by atoms with Crippen molar-refractivity contribution in [3.8, 4) is 22.3 Å². The van der Waals surface area contributed by atoms with Gasteiger partial charge in [0.25, 0.3) is 0 Å². The van der Waals surface area contributed by atoms with Crippen LogP contribution in [0.5, 0.6) is 0 Å². The van der Waals surface area contributed by atoms with E-state index in [1.54, 1.807) is 0 Å². The van der Waals surface area contributed by atoms with Gasteiger partial charge in [0.15, 0.2) is 0 Å². The second kappa shape index (κ2) is 13.5. The first-order valence-electron chi connectivity index (χ1n) is 18.6. The van der Waals surface area contributed by atoms with E-state index < -0.39 is 0 Å². The van der Waals surface area contributed by atoms with E-state index >= 15 is 0 Å². The number of rotatable bonds is 7. The number of nitrogens with one attached hydrogen (secondary N) is 1. The fraction of sp³-hybridized carbons (Fsp3) is 0.0192. The third-order valence-corrected chi connectivity index (χ3v) is 10.7. The molecule has 0 amide bonds. The highest BCUT2D eigenvalue weighted by Gasteiger charge is 2.16. The summed E-state index contributed by atoms with van der Waals surface area (Å²) in [6.07, 6.45) is 1.69. The number of benzene rings is 10. The minimum absolute atomic E-state index is 0.322. The molecule has 0 fully saturated rings. The van der Waals surface area contributed by atoms with Crippen molar-refractivity contribution in [1.29, 1.82) is 0 Å². The zero-order valence-electron chi connectivity index (χ0n) is 29.7. The number of aliphatic imine (C=N–C) groups is 1. The van der Waals surface area contributed by atoms with Crippen LogP contribution in [-0.2, 0) is 0 Å². The fourth-order valence-corrected chi connectivity index (χ4v) is 8.09. The summed E-state index contributed by atoms with van der Waals surface area (Å²) in [4.78, 5) is 5.30. The van der Waals surface area contributed by atoms with Crippen LogP contribution in [0.4, 0.5) is 5.69 Å². The van der Waals surface area contributed by atoms with Crippen LogP contribution in [0.25, 0.3) is 76.1 Å². The van der Waals surface area contributed by atoms with Gasteiger partial charge >= 0.3 is 0 Å². The van der Waals surface area contributed by atoms with Crippen molar-refractivity contribution in [2.45, 2.75) is 6.17 Å². The van der Waals surface area contributed by atoms with E-state index in [1.165, 1.54) is 76.1 Å². The van der Waals surface area contributed by atoms with Gasteiger partial charge in [0.2, 0.25) is 0 Å². The van der Waals surface area contributed by atoms with Gasteiger partial charge in [-0.3, -0.25) is 4.99 Å². The Bertz CT molecular complexity index is 3000. The molecule has 0 aliphatic carbocycles. The van der Waals surface area contributed by atoms with Crippen molar-refractivity contribution in [1.82, 2.24) is 0 Å². The number of nitrogens with zero attached hydrogens (tertiary/aromatic N) is 1. The van der Waals surface area contributed by atoms with Gasteiger partial charge < -0.3 is 5.32 Å². The van der Waals surface area contributed by atoms with E-state index in [9.17, 15) is 0 Å². The lowest BCUT2D eigenvalue weighted by Gasteiger charge is -2.20. The molecule has 10 aromatic carbocycles. The van der Waals surface area contributed by atoms with Gasteiger partial charge in [-0.25, -0.2) is 0 Å². The standard InChI is InChI=1S/C52H36N2/c1-2-11-36(12-3-1)37-27-30-43(31-28-37)54-52(48-20-10-16-40-26-25-39-14-5-8-18-45(39)51(40)48)53-34-35-21-23-41(24-22-35)50-46-19-9-6-15-42(46)33-49-44-17-7-4-13-38(44)29-32-47(49)50/h1-34,52,54H/b53-34+. The summed E-state index contributed by atoms with van der Waals surface area (Å²) < 4.78 is 0. The monoisotopic (exact) mass is 688 g/mol. The predicted molar refractivity (Wildman–Crippen MR) is 232 cm³/mol. The first-order valence-corrected chi connectivity index (χ1v) is 18.6. The second-order valence-corrected chi connectivity index (χ2v) is 14.0. The van der Waals surface area contributed by atoms with Gasteiger partial charge in [0, 0.05) is 17.5 Å². The van der Waals surface area contributed by atoms with Crippen LogP contribution in [0.2, 0.25) is 0 Å². The van der Waals surface area contributed by atoms with Crippen molar-refractivity contribution in [2.24, 2.45) is 4.99 Å². The second-order valence-electron chi connectivity index (χ2n) is 14.0. The van der Waals surface area contributed by atoms with E-state index in [4.69, 9.17) is 4.99 Å². The van der Waals surface area contributed by atoms with Crippen LogP contribution in [0.1, 0.15) is 17.3 Å². The summed E-state index contributed by atoms with van der Waals surface area (Å²) in [5, 5.41) is 16.2. The Hall–Kier alpha value is -7.03. The van der Waals surface area contributed by atoms with Gasteiger partial charge in [-0.15, -0.1) is 0 Å². The maximum Gasteiger partial charge on any atom is 0.145 e. The molecule has 1 N–H and O–H groups in total. The average Bonchev–Trinajstić information content (AvgIpc) is 3.25. The molecule has 10 rings (SSSR count). The molecular weight excluding hydrogens is 653 g/mol. The van der Waals surface area contributed by atoms with Crippen LogP contribution in [0.3, 0.4) is 0 Å². The van der Waals surface area contributed by atoms with Crippen molar-refractivity contribution in [3.05, 3.63) is 211 Å². The molecule has 254 valence electrons. The van der Waals surface area contributed by atoms with Crippen molar-refractivity contribution < 1.29 is 0 Å². The number of hydrogen-bond donors (Lipinski definition) is 1. The molecule has 0 bridgehead atoms. The van der Waals surface area contributed by atoms with Crippen LogP contribution < -0.4 is 5.32 Å². The molecule has 0 aromatic heterocycles. The molecule has 0 spiro atoms. The largest absolute Gasteiger partial charge is 0.360 e. The van der Waals surface area contributed by atoms with E-state index in [1.807, 2.05) is 6.21 Å². The number of fused-ring (bicyclic) bond motifs is 7. The molecule has 54 heavy (non-hydrogen) atoms. The zero-order chi connectivity index (χ0) is 35.8. The molecule has 0 saturated carbocycles. The minimum Gasteiger partial charge on any atom is -0.360 e. The highest BCUT2D eigenvalue weighted by atomic mass is 15.1. The van der Waals surface area contributed by atoms with E-state index in [2.05, 4.69) is 206 Å². The summed E-state index contributed by atoms with van der Waals surface area (Å²) >= 11 is 0. The normalized spacial score (nSPS) is 12.3. The van der Waals surface area contributed by atoms with E-state index in [0.717, 1.165) is 16.8 Å². The number of hydrogen-bond acceptors (Lipinski definition) is 2. The first-order chi connectivity index (χ1) is 26.8. The molecule has 0 aliphatic heterocycles. The Morgan fingerprint density at radius 3 is 1.78 bits per heavy atom. The molecular formula is C52H36N2. The lowest BCUT2D eigenvalue weighted by atomic mass is 9.89. The summed E-state index contributed by atoms with van der Waals surface area (Å²) in [7, 11) is 0. The average molecular weight is 689 g/mol. The van der Waals surface area contributed by atoms with Gasteiger partial charge in [-0.05, 0) is 99.9 Å². The molecule has 10 aromatic rings. The minimum atomic E-state index is -0.322. The van der Waals surface area contributed by atoms with Crippen LogP contribution in [0.15, 0.2) is 205 Å². The molecule has 0 saturated heterocycles. The lowest BCUT2D eigenvalue weighted by Crippen LogP contribution is -2.10. The van der Waals surface area contributed by atoms with Gasteiger partial charge in [0.05, 0.1) is 0 Å². The summed E-state index contributed by atoms with van der Waals surface area (Å²) in [6, 6.07) is 71.9. The van der Waals surface area contributed by atoms with Crippen LogP contribution >= 0.6 is 0 Å². The zero-order valence-corrected chi connectivity index (χ0v) is 29.7. The van der Waals surface area contributed by atoms with E-state index in [-0.39, 0.29) is 6.17 Å². The van der Waals surface area contributed by atoms with Crippen molar-refractivity contribution in [2.75, 3.05) is 5.32 Å². The fourth-order valence-electron chi connectivity index (χ4n) is 8.09. The van der Waals surface area contributed by atoms with Gasteiger partial charge in [-0.2, -0.15) is 0 Å². The summed E-state index contributed by atoms with van der Waals surface area (Å²) in [5.41, 5.74) is 8.04. The van der Waals surface area contributed by atoms with Gasteiger partial charge in [-0.1, -0.05) is 182 Å². The topological polar surface area (TPSA) is 24.4 Å². The Kier molecular flexibility index (Phi) is 7.92. The first kappa shape index (κ1) is 31.7. The van der Waals surface area contributed by atoms with Crippen LogP contribution in [-0.4, -0.2) is 6.21 Å². The van der Waals surface area contributed by atoms with Crippen molar-refractivity contribution >= 4 is 65.8 Å². The Balaban J connectivity index is 1.05. The number of anilines is 1. The van der Waals surface area contributed by atoms with Crippen LogP contribution in [0, 0.1) is 0 Å². The highest BCUT2D eigenvalue weighted by molar-refractivity contribution is 6.20. The molecule has 2 heteroatoms. The van der Waals surface area contributed by atoms with E-state index in [0.29, 0.717) is 0 Å². The smallest absolute Gasteiger partial charge is 0.145 e. The quantitative estimate of drug-likeness (QED) is 0.101.